The number of unbranched alkanes of at least 4 members (excludes halogenated alkanes) is 1. The van der Waals surface area contributed by atoms with E-state index < -0.39 is 0 Å². The molecule has 1 aliphatic rings. The summed E-state index contributed by atoms with van der Waals surface area (Å²) in [7, 11) is 0.0708. The fourth-order valence-electron chi connectivity index (χ4n) is 3.47. The summed E-state index contributed by atoms with van der Waals surface area (Å²) in [5, 5.41) is 1.73. The summed E-state index contributed by atoms with van der Waals surface area (Å²) in [6.45, 7) is 9.26. The highest BCUT2D eigenvalue weighted by Gasteiger charge is 2.25. The second-order valence-electron chi connectivity index (χ2n) is 6.49. The molecule has 0 nitrogen and oxygen atoms in total. The molecule has 1 atom stereocenters. The van der Waals surface area contributed by atoms with Gasteiger partial charge in [0.15, 0.2) is 0 Å². The Hall–Kier alpha value is -0.350. The topological polar surface area (TPSA) is 0 Å². The lowest BCUT2D eigenvalue weighted by atomic mass is 10.0. The highest BCUT2D eigenvalue weighted by atomic mass is 31.1. The van der Waals surface area contributed by atoms with E-state index in [1.54, 1.807) is 10.9 Å². The normalized spacial score (nSPS) is 18.2. The molecule has 1 unspecified atom stereocenters. The first-order valence-electron chi connectivity index (χ1n) is 8.48. The summed E-state index contributed by atoms with van der Waals surface area (Å²) in [6, 6.07) is 4.83. The zero-order valence-electron chi connectivity index (χ0n) is 13.8. The van der Waals surface area contributed by atoms with Gasteiger partial charge in [-0.05, 0) is 73.8 Å². The van der Waals surface area contributed by atoms with Crippen LogP contribution in [-0.4, -0.2) is 11.8 Å². The molecule has 0 aromatic heterocycles. The Bertz CT molecular complexity index is 430. The van der Waals surface area contributed by atoms with Gasteiger partial charge in [-0.3, -0.25) is 0 Å². The van der Waals surface area contributed by atoms with Crippen molar-refractivity contribution in [2.75, 3.05) is 6.16 Å². The Morgan fingerprint density at radius 3 is 2.35 bits per heavy atom. The molecule has 0 aliphatic heterocycles. The van der Waals surface area contributed by atoms with Crippen LogP contribution in [-0.2, 0) is 0 Å². The molecule has 20 heavy (non-hydrogen) atoms. The standard InChI is InChI=1S/C19H31P/c1-5-6-14-20(18-10-8-7-9-11-18)19-13-12-15(2)16(3)17(19)4/h12-13,18H,5-11,14H2,1-4H3. The van der Waals surface area contributed by atoms with Crippen molar-refractivity contribution >= 4 is 13.2 Å². The van der Waals surface area contributed by atoms with Crippen LogP contribution in [0.5, 0.6) is 0 Å². The molecule has 0 saturated heterocycles. The van der Waals surface area contributed by atoms with Crippen molar-refractivity contribution in [3.8, 4) is 0 Å². The van der Waals surface area contributed by atoms with Crippen LogP contribution in [0, 0.1) is 20.8 Å². The Morgan fingerprint density at radius 2 is 1.70 bits per heavy atom. The van der Waals surface area contributed by atoms with Crippen molar-refractivity contribution in [3.63, 3.8) is 0 Å². The predicted octanol–water partition coefficient (Wildman–Crippen LogP) is 5.85. The van der Waals surface area contributed by atoms with E-state index in [1.807, 2.05) is 0 Å². The third kappa shape index (κ3) is 3.64. The number of aryl methyl sites for hydroxylation is 1. The van der Waals surface area contributed by atoms with Crippen LogP contribution in [0.25, 0.3) is 0 Å². The van der Waals surface area contributed by atoms with Crippen molar-refractivity contribution in [2.45, 2.75) is 78.3 Å². The lowest BCUT2D eigenvalue weighted by Crippen LogP contribution is -2.21. The molecule has 0 heterocycles. The van der Waals surface area contributed by atoms with Crippen LogP contribution in [0.15, 0.2) is 12.1 Å². The molecule has 0 amide bonds. The minimum Gasteiger partial charge on any atom is -0.0718 e. The molecular formula is C19H31P. The zero-order chi connectivity index (χ0) is 14.5. The third-order valence-electron chi connectivity index (χ3n) is 5.11. The van der Waals surface area contributed by atoms with E-state index >= 15 is 0 Å². The van der Waals surface area contributed by atoms with E-state index in [1.165, 1.54) is 62.2 Å². The van der Waals surface area contributed by atoms with Gasteiger partial charge in [-0.1, -0.05) is 52.7 Å². The zero-order valence-corrected chi connectivity index (χ0v) is 14.7. The maximum atomic E-state index is 2.47. The minimum absolute atomic E-state index is 0.0708. The second-order valence-corrected chi connectivity index (χ2v) is 9.09. The van der Waals surface area contributed by atoms with Gasteiger partial charge in [0.1, 0.15) is 0 Å². The van der Waals surface area contributed by atoms with Crippen LogP contribution >= 0.6 is 7.92 Å². The summed E-state index contributed by atoms with van der Waals surface area (Å²) >= 11 is 0. The Kier molecular flexibility index (Phi) is 6.09. The Morgan fingerprint density at radius 1 is 1.00 bits per heavy atom. The summed E-state index contributed by atoms with van der Waals surface area (Å²) in [4.78, 5) is 0. The van der Waals surface area contributed by atoms with Gasteiger partial charge < -0.3 is 0 Å². The first-order valence-corrected chi connectivity index (χ1v) is 10.1. The van der Waals surface area contributed by atoms with Gasteiger partial charge >= 0.3 is 0 Å². The molecule has 1 fully saturated rings. The van der Waals surface area contributed by atoms with E-state index in [4.69, 9.17) is 0 Å². The SMILES string of the molecule is CCCCP(c1ccc(C)c(C)c1C)C1CCCCC1. The highest BCUT2D eigenvalue weighted by Crippen LogP contribution is 2.48. The summed E-state index contributed by atoms with van der Waals surface area (Å²) in [5.41, 5.74) is 5.59. The average molecular weight is 290 g/mol. The molecule has 1 heteroatoms. The molecular weight excluding hydrogens is 259 g/mol. The Labute approximate surface area is 127 Å². The average Bonchev–Trinajstić information content (AvgIpc) is 2.48. The van der Waals surface area contributed by atoms with Gasteiger partial charge in [-0.2, -0.15) is 0 Å². The molecule has 1 aromatic rings. The maximum absolute atomic E-state index is 2.47. The molecule has 1 aliphatic carbocycles. The molecule has 112 valence electrons. The molecule has 1 aromatic carbocycles. The fraction of sp³-hybridized carbons (Fsp3) is 0.684. The van der Waals surface area contributed by atoms with E-state index in [-0.39, 0.29) is 7.92 Å². The van der Waals surface area contributed by atoms with Crippen molar-refractivity contribution in [3.05, 3.63) is 28.8 Å². The molecule has 0 bridgehead atoms. The van der Waals surface area contributed by atoms with Crippen LogP contribution in [0.2, 0.25) is 0 Å². The molecule has 2 rings (SSSR count). The lowest BCUT2D eigenvalue weighted by Gasteiger charge is -2.33. The summed E-state index contributed by atoms with van der Waals surface area (Å²) in [6.07, 6.45) is 11.6. The Balaban J connectivity index is 2.27. The smallest absolute Gasteiger partial charge is 0.0169 e. The van der Waals surface area contributed by atoms with Gasteiger partial charge in [0, 0.05) is 0 Å². The van der Waals surface area contributed by atoms with Gasteiger partial charge in [0.05, 0.1) is 0 Å². The first kappa shape index (κ1) is 16.0. The monoisotopic (exact) mass is 290 g/mol. The summed E-state index contributed by atoms with van der Waals surface area (Å²) in [5.74, 6) is 0. The van der Waals surface area contributed by atoms with Gasteiger partial charge in [0.25, 0.3) is 0 Å². The largest absolute Gasteiger partial charge is 0.0718 e. The van der Waals surface area contributed by atoms with Gasteiger partial charge in [0.2, 0.25) is 0 Å². The molecule has 0 radical (unpaired) electrons. The third-order valence-corrected chi connectivity index (χ3v) is 8.41. The van der Waals surface area contributed by atoms with E-state index in [0.717, 1.165) is 5.66 Å². The van der Waals surface area contributed by atoms with Crippen LogP contribution < -0.4 is 5.30 Å². The molecule has 0 N–H and O–H groups in total. The van der Waals surface area contributed by atoms with Crippen LogP contribution in [0.4, 0.5) is 0 Å². The minimum atomic E-state index is 0.0708. The van der Waals surface area contributed by atoms with Crippen LogP contribution in [0.1, 0.15) is 68.6 Å². The van der Waals surface area contributed by atoms with E-state index in [2.05, 4.69) is 39.8 Å². The predicted molar refractivity (Wildman–Crippen MR) is 93.9 cm³/mol. The van der Waals surface area contributed by atoms with Crippen molar-refractivity contribution in [1.29, 1.82) is 0 Å². The van der Waals surface area contributed by atoms with Crippen LogP contribution in [0.3, 0.4) is 0 Å². The first-order chi connectivity index (χ1) is 9.65. The number of hydrogen-bond acceptors (Lipinski definition) is 0. The van der Waals surface area contributed by atoms with Crippen molar-refractivity contribution in [2.24, 2.45) is 0 Å². The maximum Gasteiger partial charge on any atom is -0.0169 e. The number of hydrogen-bond donors (Lipinski definition) is 0. The highest BCUT2D eigenvalue weighted by molar-refractivity contribution is 7.66. The van der Waals surface area contributed by atoms with Gasteiger partial charge in [-0.25, -0.2) is 0 Å². The number of rotatable bonds is 5. The molecule has 1 saturated carbocycles. The van der Waals surface area contributed by atoms with E-state index in [0.29, 0.717) is 0 Å². The quantitative estimate of drug-likeness (QED) is 0.596. The number of benzene rings is 1. The van der Waals surface area contributed by atoms with E-state index in [9.17, 15) is 0 Å². The second kappa shape index (κ2) is 7.60. The molecule has 0 spiro atoms. The van der Waals surface area contributed by atoms with Crippen molar-refractivity contribution in [1.82, 2.24) is 0 Å². The van der Waals surface area contributed by atoms with Crippen molar-refractivity contribution < 1.29 is 0 Å². The summed E-state index contributed by atoms with van der Waals surface area (Å²) < 4.78 is 0. The lowest BCUT2D eigenvalue weighted by molar-refractivity contribution is 0.511. The fourth-order valence-corrected chi connectivity index (χ4v) is 6.98. The van der Waals surface area contributed by atoms with Gasteiger partial charge in [-0.15, -0.1) is 0 Å².